The molecular formula is C22H31BrClNO2. The van der Waals surface area contributed by atoms with E-state index in [1.54, 1.807) is 0 Å². The van der Waals surface area contributed by atoms with Gasteiger partial charge in [-0.05, 0) is 49.1 Å². The van der Waals surface area contributed by atoms with Crippen molar-refractivity contribution >= 4 is 28.3 Å². The summed E-state index contributed by atoms with van der Waals surface area (Å²) in [6, 6.07) is 18.3. The summed E-state index contributed by atoms with van der Waals surface area (Å²) >= 11 is 3.48. The van der Waals surface area contributed by atoms with Crippen molar-refractivity contribution < 1.29 is 10.2 Å². The number of rotatable bonds is 11. The number of aliphatic hydroxyl groups is 2. The monoisotopic (exact) mass is 455 g/mol. The fourth-order valence-corrected chi connectivity index (χ4v) is 3.76. The van der Waals surface area contributed by atoms with Gasteiger partial charge in [0.25, 0.3) is 0 Å². The molecule has 0 saturated heterocycles. The van der Waals surface area contributed by atoms with Crippen molar-refractivity contribution in [3.05, 3.63) is 70.2 Å². The summed E-state index contributed by atoms with van der Waals surface area (Å²) in [7, 11) is 0. The topological polar surface area (TPSA) is 52.5 Å². The van der Waals surface area contributed by atoms with Crippen molar-refractivity contribution in [2.45, 2.75) is 44.1 Å². The zero-order chi connectivity index (χ0) is 18.8. The van der Waals surface area contributed by atoms with Crippen LogP contribution >= 0.6 is 28.3 Å². The van der Waals surface area contributed by atoms with Crippen LogP contribution in [0, 0.1) is 0 Å². The van der Waals surface area contributed by atoms with Gasteiger partial charge >= 0.3 is 0 Å². The lowest BCUT2D eigenvalue weighted by Gasteiger charge is -2.37. The van der Waals surface area contributed by atoms with Crippen molar-refractivity contribution in [2.75, 3.05) is 19.7 Å². The van der Waals surface area contributed by atoms with E-state index < -0.39 is 5.60 Å². The number of unbranched alkanes of at least 4 members (excludes halogenated alkanes) is 1. The van der Waals surface area contributed by atoms with E-state index in [1.807, 2.05) is 42.5 Å². The second-order valence-electron chi connectivity index (χ2n) is 6.78. The molecule has 0 amide bonds. The largest absolute Gasteiger partial charge is 0.396 e. The van der Waals surface area contributed by atoms with Crippen LogP contribution in [0.1, 0.15) is 49.7 Å². The van der Waals surface area contributed by atoms with Crippen molar-refractivity contribution in [1.29, 1.82) is 0 Å². The van der Waals surface area contributed by atoms with Crippen LogP contribution in [-0.4, -0.2) is 29.9 Å². The van der Waals surface area contributed by atoms with Gasteiger partial charge in [-0.2, -0.15) is 0 Å². The molecular weight excluding hydrogens is 426 g/mol. The van der Waals surface area contributed by atoms with Crippen LogP contribution in [0.4, 0.5) is 0 Å². The highest BCUT2D eigenvalue weighted by atomic mass is 79.9. The SMILES string of the molecule is CCCC(O)(c1ccc(Br)cc1)C(CNCCCCO)c1ccccc1.Cl. The summed E-state index contributed by atoms with van der Waals surface area (Å²) in [5.41, 5.74) is 1.16. The average Bonchev–Trinajstić information content (AvgIpc) is 2.66. The minimum atomic E-state index is -0.930. The molecule has 0 radical (unpaired) electrons. The van der Waals surface area contributed by atoms with E-state index in [-0.39, 0.29) is 24.9 Å². The molecule has 3 nitrogen and oxygen atoms in total. The molecule has 5 heteroatoms. The van der Waals surface area contributed by atoms with Gasteiger partial charge < -0.3 is 15.5 Å². The van der Waals surface area contributed by atoms with Crippen LogP contribution in [0.3, 0.4) is 0 Å². The minimum Gasteiger partial charge on any atom is -0.396 e. The fraction of sp³-hybridized carbons (Fsp3) is 0.455. The summed E-state index contributed by atoms with van der Waals surface area (Å²) in [5, 5.41) is 24.2. The predicted octanol–water partition coefficient (Wildman–Crippen LogP) is 5.00. The first-order valence-electron chi connectivity index (χ1n) is 9.46. The lowest BCUT2D eigenvalue weighted by atomic mass is 9.74. The maximum atomic E-state index is 11.8. The van der Waals surface area contributed by atoms with E-state index in [2.05, 4.69) is 40.3 Å². The summed E-state index contributed by atoms with van der Waals surface area (Å²) in [4.78, 5) is 0. The lowest BCUT2D eigenvalue weighted by molar-refractivity contribution is -0.00238. The third kappa shape index (κ3) is 6.88. The molecule has 2 rings (SSSR count). The highest BCUT2D eigenvalue weighted by Crippen LogP contribution is 2.40. The molecule has 27 heavy (non-hydrogen) atoms. The number of benzene rings is 2. The Hall–Kier alpha value is -0.910. The van der Waals surface area contributed by atoms with E-state index >= 15 is 0 Å². The summed E-state index contributed by atoms with van der Waals surface area (Å²) in [5.74, 6) is -0.0426. The standard InChI is InChI=1S/C22H30BrNO2.ClH/c1-2-14-22(26,19-10-12-20(23)13-11-19)21(17-24-15-6-7-16-25)18-8-4-3-5-9-18;/h3-5,8-13,21,24-26H,2,6-7,14-17H2,1H3;1H. The molecule has 150 valence electrons. The van der Waals surface area contributed by atoms with Gasteiger partial charge in [0.2, 0.25) is 0 Å². The second-order valence-corrected chi connectivity index (χ2v) is 7.69. The fourth-order valence-electron chi connectivity index (χ4n) is 3.50. The molecule has 2 aromatic carbocycles. The van der Waals surface area contributed by atoms with Gasteiger partial charge in [-0.1, -0.05) is 71.7 Å². The van der Waals surface area contributed by atoms with Crippen molar-refractivity contribution in [1.82, 2.24) is 5.32 Å². The van der Waals surface area contributed by atoms with Crippen LogP contribution in [0.25, 0.3) is 0 Å². The zero-order valence-electron chi connectivity index (χ0n) is 15.9. The quantitative estimate of drug-likeness (QED) is 0.417. The average molecular weight is 457 g/mol. The zero-order valence-corrected chi connectivity index (χ0v) is 18.3. The molecule has 0 bridgehead atoms. The Morgan fingerprint density at radius 2 is 1.70 bits per heavy atom. The molecule has 0 fully saturated rings. The van der Waals surface area contributed by atoms with Crippen molar-refractivity contribution in [3.8, 4) is 0 Å². The third-order valence-electron chi connectivity index (χ3n) is 4.86. The molecule has 2 atom stereocenters. The number of nitrogens with one attached hydrogen (secondary N) is 1. The highest BCUT2D eigenvalue weighted by molar-refractivity contribution is 9.10. The van der Waals surface area contributed by atoms with Gasteiger partial charge in [-0.3, -0.25) is 0 Å². The second kappa shape index (κ2) is 12.5. The molecule has 0 heterocycles. The number of hydrogen-bond acceptors (Lipinski definition) is 3. The number of halogens is 2. The predicted molar refractivity (Wildman–Crippen MR) is 119 cm³/mol. The Balaban J connectivity index is 0.00000364. The first-order chi connectivity index (χ1) is 12.6. The van der Waals surface area contributed by atoms with Crippen LogP contribution in [0.2, 0.25) is 0 Å². The van der Waals surface area contributed by atoms with E-state index in [1.165, 1.54) is 0 Å². The Kier molecular flexibility index (Phi) is 11.2. The van der Waals surface area contributed by atoms with Crippen LogP contribution < -0.4 is 5.32 Å². The van der Waals surface area contributed by atoms with Crippen LogP contribution in [-0.2, 0) is 5.60 Å². The maximum absolute atomic E-state index is 11.8. The molecule has 0 aliphatic carbocycles. The molecule has 3 N–H and O–H groups in total. The summed E-state index contributed by atoms with van der Waals surface area (Å²) < 4.78 is 1.01. The highest BCUT2D eigenvalue weighted by Gasteiger charge is 2.38. The van der Waals surface area contributed by atoms with Gasteiger partial charge in [-0.25, -0.2) is 0 Å². The molecule has 0 saturated carbocycles. The lowest BCUT2D eigenvalue weighted by Crippen LogP contribution is -2.39. The normalized spacial score (nSPS) is 14.2. The van der Waals surface area contributed by atoms with Crippen LogP contribution in [0.5, 0.6) is 0 Å². The van der Waals surface area contributed by atoms with Gasteiger partial charge in [-0.15, -0.1) is 12.4 Å². The summed E-state index contributed by atoms with van der Waals surface area (Å²) in [6.07, 6.45) is 3.34. The van der Waals surface area contributed by atoms with Crippen molar-refractivity contribution in [2.24, 2.45) is 0 Å². The molecule has 2 unspecified atom stereocenters. The third-order valence-corrected chi connectivity index (χ3v) is 5.39. The Morgan fingerprint density at radius 3 is 2.30 bits per heavy atom. The van der Waals surface area contributed by atoms with Gasteiger partial charge in [0, 0.05) is 23.5 Å². The van der Waals surface area contributed by atoms with E-state index in [4.69, 9.17) is 5.11 Å². The maximum Gasteiger partial charge on any atom is 0.0976 e. The molecule has 0 aliphatic heterocycles. The molecule has 2 aromatic rings. The van der Waals surface area contributed by atoms with Gasteiger partial charge in [0.15, 0.2) is 0 Å². The Bertz CT molecular complexity index is 639. The first-order valence-corrected chi connectivity index (χ1v) is 10.3. The Morgan fingerprint density at radius 1 is 1.04 bits per heavy atom. The van der Waals surface area contributed by atoms with Crippen molar-refractivity contribution in [3.63, 3.8) is 0 Å². The number of hydrogen-bond donors (Lipinski definition) is 3. The van der Waals surface area contributed by atoms with E-state index in [9.17, 15) is 5.11 Å². The summed E-state index contributed by atoms with van der Waals surface area (Å²) in [6.45, 7) is 3.87. The minimum absolute atomic E-state index is 0. The van der Waals surface area contributed by atoms with E-state index in [0.29, 0.717) is 13.0 Å². The van der Waals surface area contributed by atoms with Crippen LogP contribution in [0.15, 0.2) is 59.1 Å². The first kappa shape index (κ1) is 24.1. The van der Waals surface area contributed by atoms with Gasteiger partial charge in [0.1, 0.15) is 0 Å². The molecule has 0 spiro atoms. The van der Waals surface area contributed by atoms with E-state index in [0.717, 1.165) is 41.4 Å². The smallest absolute Gasteiger partial charge is 0.0976 e. The Labute approximate surface area is 177 Å². The van der Waals surface area contributed by atoms with Gasteiger partial charge in [0.05, 0.1) is 5.60 Å². The molecule has 0 aromatic heterocycles. The molecule has 0 aliphatic rings. The number of aliphatic hydroxyl groups excluding tert-OH is 1.